The van der Waals surface area contributed by atoms with Crippen molar-refractivity contribution >= 4 is 34.0 Å². The molecule has 0 aliphatic rings. The van der Waals surface area contributed by atoms with Gasteiger partial charge in [-0.2, -0.15) is 0 Å². The van der Waals surface area contributed by atoms with E-state index in [0.717, 1.165) is 0 Å². The summed E-state index contributed by atoms with van der Waals surface area (Å²) in [6.45, 7) is 2.00. The standard InChI is InChI=1S/C9H12FIN2O/c1-5(14)4-13-9-2-6(10)7(11)3-8(9)12/h2-3,5,13-14H,4,12H2,1H3. The van der Waals surface area contributed by atoms with Crippen LogP contribution in [0.5, 0.6) is 0 Å². The van der Waals surface area contributed by atoms with Gasteiger partial charge in [-0.05, 0) is 35.6 Å². The van der Waals surface area contributed by atoms with Crippen molar-refractivity contribution in [2.45, 2.75) is 13.0 Å². The number of aliphatic hydroxyl groups is 1. The Balaban J connectivity index is 2.82. The van der Waals surface area contributed by atoms with Crippen molar-refractivity contribution in [2.24, 2.45) is 0 Å². The molecule has 0 amide bonds. The first-order valence-corrected chi connectivity index (χ1v) is 5.25. The number of aliphatic hydroxyl groups excluding tert-OH is 1. The van der Waals surface area contributed by atoms with E-state index in [0.29, 0.717) is 21.5 Å². The molecular formula is C9H12FIN2O. The first-order valence-electron chi connectivity index (χ1n) is 4.17. The molecule has 0 heterocycles. The fourth-order valence-electron chi connectivity index (χ4n) is 0.973. The lowest BCUT2D eigenvalue weighted by Crippen LogP contribution is -2.16. The van der Waals surface area contributed by atoms with E-state index in [4.69, 9.17) is 10.8 Å². The number of hydrogen-bond acceptors (Lipinski definition) is 3. The summed E-state index contributed by atoms with van der Waals surface area (Å²) in [6.07, 6.45) is -0.489. The van der Waals surface area contributed by atoms with Crippen LogP contribution in [0.1, 0.15) is 6.92 Å². The number of halogens is 2. The van der Waals surface area contributed by atoms with E-state index in [1.165, 1.54) is 6.07 Å². The summed E-state index contributed by atoms with van der Waals surface area (Å²) < 4.78 is 13.6. The Labute approximate surface area is 95.6 Å². The molecule has 78 valence electrons. The Hall–Kier alpha value is -0.560. The van der Waals surface area contributed by atoms with Crippen LogP contribution in [0.4, 0.5) is 15.8 Å². The largest absolute Gasteiger partial charge is 0.397 e. The molecule has 0 saturated heterocycles. The van der Waals surface area contributed by atoms with Gasteiger partial charge in [-0.1, -0.05) is 0 Å². The van der Waals surface area contributed by atoms with Crippen LogP contribution in [0, 0.1) is 9.39 Å². The normalized spacial score (nSPS) is 12.6. The van der Waals surface area contributed by atoms with Gasteiger partial charge in [0.15, 0.2) is 0 Å². The highest BCUT2D eigenvalue weighted by Gasteiger charge is 2.06. The fourth-order valence-corrected chi connectivity index (χ4v) is 1.46. The predicted octanol–water partition coefficient (Wildman–Crippen LogP) is 1.81. The second-order valence-electron chi connectivity index (χ2n) is 3.08. The molecule has 0 aliphatic carbocycles. The number of hydrogen-bond donors (Lipinski definition) is 3. The molecule has 3 nitrogen and oxygen atoms in total. The molecule has 4 N–H and O–H groups in total. The Morgan fingerprint density at radius 3 is 2.86 bits per heavy atom. The molecule has 14 heavy (non-hydrogen) atoms. The van der Waals surface area contributed by atoms with Crippen LogP contribution >= 0.6 is 22.6 Å². The van der Waals surface area contributed by atoms with E-state index in [-0.39, 0.29) is 5.82 Å². The number of benzene rings is 1. The van der Waals surface area contributed by atoms with Crippen molar-refractivity contribution in [2.75, 3.05) is 17.6 Å². The second kappa shape index (κ2) is 4.79. The van der Waals surface area contributed by atoms with E-state index in [9.17, 15) is 4.39 Å². The van der Waals surface area contributed by atoms with Crippen molar-refractivity contribution in [3.8, 4) is 0 Å². The zero-order valence-corrected chi connectivity index (χ0v) is 9.88. The summed E-state index contributed by atoms with van der Waals surface area (Å²) in [4.78, 5) is 0. The van der Waals surface area contributed by atoms with Crippen LogP contribution in [0.3, 0.4) is 0 Å². The SMILES string of the molecule is CC(O)CNc1cc(F)c(I)cc1N. The molecule has 1 atom stereocenters. The molecule has 0 spiro atoms. The van der Waals surface area contributed by atoms with E-state index in [1.54, 1.807) is 13.0 Å². The van der Waals surface area contributed by atoms with Gasteiger partial charge in [0.1, 0.15) is 5.82 Å². The van der Waals surface area contributed by atoms with Gasteiger partial charge < -0.3 is 16.2 Å². The average Bonchev–Trinajstić information content (AvgIpc) is 2.09. The summed E-state index contributed by atoms with van der Waals surface area (Å²) >= 11 is 1.88. The van der Waals surface area contributed by atoms with Gasteiger partial charge >= 0.3 is 0 Å². The minimum Gasteiger partial charge on any atom is -0.397 e. The molecule has 0 aliphatic heterocycles. The van der Waals surface area contributed by atoms with Crippen molar-refractivity contribution < 1.29 is 9.50 Å². The number of anilines is 2. The molecule has 5 heteroatoms. The average molecular weight is 310 g/mol. The van der Waals surface area contributed by atoms with Crippen LogP contribution in [0.2, 0.25) is 0 Å². The highest BCUT2D eigenvalue weighted by atomic mass is 127. The lowest BCUT2D eigenvalue weighted by atomic mass is 10.2. The van der Waals surface area contributed by atoms with Gasteiger partial charge in [-0.25, -0.2) is 4.39 Å². The number of nitrogens with one attached hydrogen (secondary N) is 1. The lowest BCUT2D eigenvalue weighted by molar-refractivity contribution is 0.208. The highest BCUT2D eigenvalue weighted by Crippen LogP contribution is 2.23. The molecule has 0 saturated carbocycles. The highest BCUT2D eigenvalue weighted by molar-refractivity contribution is 14.1. The molecule has 0 fully saturated rings. The van der Waals surface area contributed by atoms with Crippen molar-refractivity contribution in [3.05, 3.63) is 21.5 Å². The van der Waals surface area contributed by atoms with Crippen LogP contribution < -0.4 is 11.1 Å². The van der Waals surface area contributed by atoms with Gasteiger partial charge in [0.25, 0.3) is 0 Å². The van der Waals surface area contributed by atoms with Gasteiger partial charge in [-0.15, -0.1) is 0 Å². The van der Waals surface area contributed by atoms with Gasteiger partial charge in [0.2, 0.25) is 0 Å². The van der Waals surface area contributed by atoms with Crippen molar-refractivity contribution in [3.63, 3.8) is 0 Å². The summed E-state index contributed by atoms with van der Waals surface area (Å²) in [5.74, 6) is -0.312. The molecular weight excluding hydrogens is 298 g/mol. The van der Waals surface area contributed by atoms with Crippen LogP contribution in [-0.2, 0) is 0 Å². The Morgan fingerprint density at radius 1 is 1.64 bits per heavy atom. The molecule has 1 aromatic carbocycles. The monoisotopic (exact) mass is 310 g/mol. The van der Waals surface area contributed by atoms with Crippen LogP contribution in [0.15, 0.2) is 12.1 Å². The third-order valence-electron chi connectivity index (χ3n) is 1.68. The smallest absolute Gasteiger partial charge is 0.138 e. The quantitative estimate of drug-likeness (QED) is 0.589. The summed E-state index contributed by atoms with van der Waals surface area (Å²) in [7, 11) is 0. The molecule has 1 rings (SSSR count). The van der Waals surface area contributed by atoms with Crippen molar-refractivity contribution in [1.82, 2.24) is 0 Å². The molecule has 1 unspecified atom stereocenters. The summed E-state index contributed by atoms with van der Waals surface area (Å²) in [6, 6.07) is 2.89. The maximum atomic E-state index is 13.1. The Kier molecular flexibility index (Phi) is 3.94. The Bertz CT molecular complexity index is 331. The zero-order valence-electron chi connectivity index (χ0n) is 7.72. The van der Waals surface area contributed by atoms with Gasteiger partial charge in [0.05, 0.1) is 21.0 Å². The summed E-state index contributed by atoms with van der Waals surface area (Å²) in [5, 5.41) is 11.9. The maximum Gasteiger partial charge on any atom is 0.138 e. The fraction of sp³-hybridized carbons (Fsp3) is 0.333. The Morgan fingerprint density at radius 2 is 2.29 bits per heavy atom. The molecule has 1 aromatic rings. The third kappa shape index (κ3) is 2.98. The number of rotatable bonds is 3. The first-order chi connectivity index (χ1) is 6.50. The first kappa shape index (κ1) is 11.5. The van der Waals surface area contributed by atoms with Crippen LogP contribution in [-0.4, -0.2) is 17.8 Å². The maximum absolute atomic E-state index is 13.1. The minimum absolute atomic E-state index is 0.312. The van der Waals surface area contributed by atoms with E-state index >= 15 is 0 Å². The predicted molar refractivity (Wildman–Crippen MR) is 63.7 cm³/mol. The summed E-state index contributed by atoms with van der Waals surface area (Å²) in [5.41, 5.74) is 6.66. The topological polar surface area (TPSA) is 58.3 Å². The second-order valence-corrected chi connectivity index (χ2v) is 4.25. The third-order valence-corrected chi connectivity index (χ3v) is 2.51. The van der Waals surface area contributed by atoms with Crippen molar-refractivity contribution in [1.29, 1.82) is 0 Å². The number of nitrogens with two attached hydrogens (primary N) is 1. The molecule has 0 bridgehead atoms. The van der Waals surface area contributed by atoms with E-state index in [2.05, 4.69) is 5.32 Å². The van der Waals surface area contributed by atoms with E-state index < -0.39 is 6.10 Å². The van der Waals surface area contributed by atoms with Crippen LogP contribution in [0.25, 0.3) is 0 Å². The molecule has 0 radical (unpaired) electrons. The molecule has 0 aromatic heterocycles. The number of nitrogen functional groups attached to an aromatic ring is 1. The van der Waals surface area contributed by atoms with Gasteiger partial charge in [0, 0.05) is 12.6 Å². The zero-order chi connectivity index (χ0) is 10.7. The lowest BCUT2D eigenvalue weighted by Gasteiger charge is -2.11. The van der Waals surface area contributed by atoms with Gasteiger partial charge in [-0.3, -0.25) is 0 Å². The minimum atomic E-state index is -0.489. The van der Waals surface area contributed by atoms with E-state index in [1.807, 2.05) is 22.6 Å².